The summed E-state index contributed by atoms with van der Waals surface area (Å²) < 4.78 is 19.5. The largest absolute Gasteiger partial charge is 0.511 e. The molecule has 0 aliphatic carbocycles. The molecule has 0 radical (unpaired) electrons. The lowest BCUT2D eigenvalue weighted by atomic mass is 9.98. The first-order valence-electron chi connectivity index (χ1n) is 15.9. The maximum absolute atomic E-state index is 13.1. The van der Waals surface area contributed by atoms with Crippen molar-refractivity contribution >= 4 is 34.2 Å². The molecule has 4 aromatic carbocycles. The number of benzene rings is 4. The number of imidazole rings is 2. The minimum absolute atomic E-state index is 0.292. The summed E-state index contributed by atoms with van der Waals surface area (Å²) in [6.45, 7) is 6.68. The third-order valence-electron chi connectivity index (χ3n) is 8.36. The molecule has 0 aliphatic heterocycles. The lowest BCUT2D eigenvalue weighted by Crippen LogP contribution is -2.24. The normalized spacial score (nSPS) is 11.9. The number of hydrogen-bond acceptors (Lipinski definition) is 7. The average molecular weight is 631 g/mol. The molecule has 0 fully saturated rings. The van der Waals surface area contributed by atoms with Crippen molar-refractivity contribution in [1.82, 2.24) is 19.1 Å². The quantitative estimate of drug-likeness (QED) is 0.111. The highest BCUT2D eigenvalue weighted by Crippen LogP contribution is 2.31. The number of rotatable bonds is 10. The lowest BCUT2D eigenvalue weighted by Gasteiger charge is -2.17. The Kier molecular flexibility index (Phi) is 9.06. The fourth-order valence-corrected chi connectivity index (χ4v) is 5.98. The van der Waals surface area contributed by atoms with E-state index in [2.05, 4.69) is 65.1 Å². The van der Waals surface area contributed by atoms with E-state index in [4.69, 9.17) is 19.4 Å². The van der Waals surface area contributed by atoms with Crippen molar-refractivity contribution in [2.75, 3.05) is 7.11 Å². The summed E-state index contributed by atoms with van der Waals surface area (Å²) in [5.41, 5.74) is 9.38. The van der Waals surface area contributed by atoms with Gasteiger partial charge in [-0.15, -0.1) is 0 Å². The molecule has 2 heterocycles. The first kappa shape index (κ1) is 31.5. The van der Waals surface area contributed by atoms with Gasteiger partial charge in [-0.05, 0) is 65.9 Å². The Labute approximate surface area is 273 Å². The predicted molar refractivity (Wildman–Crippen MR) is 182 cm³/mol. The Morgan fingerprint density at radius 2 is 1.60 bits per heavy atom. The average Bonchev–Trinajstić information content (AvgIpc) is 3.61. The van der Waals surface area contributed by atoms with Crippen LogP contribution in [-0.2, 0) is 34.2 Å². The van der Waals surface area contributed by atoms with Gasteiger partial charge in [0.05, 0.1) is 34.7 Å². The highest BCUT2D eigenvalue weighted by atomic mass is 16.8. The summed E-state index contributed by atoms with van der Waals surface area (Å²) in [5, 5.41) is 0. The van der Waals surface area contributed by atoms with E-state index in [1.54, 1.807) is 19.1 Å². The zero-order chi connectivity index (χ0) is 33.1. The number of hydrogen-bond donors (Lipinski definition) is 0. The Morgan fingerprint density at radius 3 is 2.32 bits per heavy atom. The van der Waals surface area contributed by atoms with E-state index < -0.39 is 18.4 Å². The van der Waals surface area contributed by atoms with Gasteiger partial charge in [0.15, 0.2) is 0 Å². The summed E-state index contributed by atoms with van der Waals surface area (Å²) in [6.07, 6.45) is 0.184. The molecule has 0 aliphatic rings. The lowest BCUT2D eigenvalue weighted by molar-refractivity contribution is -0.0897. The van der Waals surface area contributed by atoms with Crippen molar-refractivity contribution < 1.29 is 23.8 Å². The number of ether oxygens (including phenoxy) is 3. The Morgan fingerprint density at radius 1 is 0.851 bits per heavy atom. The van der Waals surface area contributed by atoms with Crippen LogP contribution in [0.2, 0.25) is 0 Å². The summed E-state index contributed by atoms with van der Waals surface area (Å²) in [5.74, 6) is 1.38. The second-order valence-corrected chi connectivity index (χ2v) is 11.6. The highest BCUT2D eigenvalue weighted by molar-refractivity contribution is 5.97. The molecule has 6 aromatic rings. The van der Waals surface area contributed by atoms with Crippen LogP contribution in [-0.4, -0.2) is 44.6 Å². The molecule has 240 valence electrons. The molecule has 0 saturated carbocycles. The van der Waals surface area contributed by atoms with Gasteiger partial charge < -0.3 is 23.3 Å². The Bertz CT molecular complexity index is 2080. The van der Waals surface area contributed by atoms with Crippen LogP contribution in [0.25, 0.3) is 44.6 Å². The molecule has 0 saturated heterocycles. The Balaban J connectivity index is 1.31. The van der Waals surface area contributed by atoms with E-state index in [0.717, 1.165) is 74.4 Å². The van der Waals surface area contributed by atoms with Gasteiger partial charge in [0.2, 0.25) is 0 Å². The minimum Gasteiger partial charge on any atom is -0.438 e. The van der Waals surface area contributed by atoms with Crippen LogP contribution < -0.4 is 0 Å². The second kappa shape index (κ2) is 13.5. The van der Waals surface area contributed by atoms with Crippen LogP contribution >= 0.6 is 0 Å². The SMILES string of the molecule is CCCc1nc2c(C)cc(-c3nc4ccccc4n3C)cc2n1Cc1ccc(-c2ccccc2C(=O)OC(CC)OC(=O)OC)cc1. The van der Waals surface area contributed by atoms with E-state index in [9.17, 15) is 9.59 Å². The number of aryl methyl sites for hydroxylation is 3. The monoisotopic (exact) mass is 630 g/mol. The molecule has 1 unspecified atom stereocenters. The highest BCUT2D eigenvalue weighted by Gasteiger charge is 2.22. The van der Waals surface area contributed by atoms with Crippen LogP contribution in [0.3, 0.4) is 0 Å². The first-order chi connectivity index (χ1) is 22.8. The number of fused-ring (bicyclic) bond motifs is 2. The van der Waals surface area contributed by atoms with Crippen molar-refractivity contribution in [2.24, 2.45) is 7.05 Å². The number of esters is 1. The molecule has 47 heavy (non-hydrogen) atoms. The van der Waals surface area contributed by atoms with Gasteiger partial charge in [0, 0.05) is 32.0 Å². The second-order valence-electron chi connectivity index (χ2n) is 11.6. The van der Waals surface area contributed by atoms with Crippen LogP contribution in [0.4, 0.5) is 4.79 Å². The smallest absolute Gasteiger partial charge is 0.438 e. The third kappa shape index (κ3) is 6.34. The molecular formula is C38H38N4O5. The molecular weight excluding hydrogens is 592 g/mol. The van der Waals surface area contributed by atoms with Crippen LogP contribution in [0.15, 0.2) is 84.9 Å². The fraction of sp³-hybridized carbons (Fsp3) is 0.263. The number of para-hydroxylation sites is 2. The molecule has 2 aromatic heterocycles. The van der Waals surface area contributed by atoms with Crippen LogP contribution in [0.1, 0.15) is 54.0 Å². The standard InChI is InChI=1S/C38H38N4O5/c1-6-12-33-40-35-24(3)21-27(36-39-30-15-10-11-16-31(30)41(36)4)22-32(35)42(33)23-25-17-19-26(20-18-25)28-13-8-9-14-29(28)37(43)46-34(7-2)47-38(44)45-5/h8-11,13-22,34H,6-7,12,23H2,1-5H3. The van der Waals surface area contributed by atoms with Gasteiger partial charge >= 0.3 is 12.1 Å². The van der Waals surface area contributed by atoms with Crippen molar-refractivity contribution in [3.05, 3.63) is 107 Å². The van der Waals surface area contributed by atoms with Crippen molar-refractivity contribution in [3.8, 4) is 22.5 Å². The summed E-state index contributed by atoms with van der Waals surface area (Å²) in [4.78, 5) is 34.8. The van der Waals surface area contributed by atoms with Gasteiger partial charge in [-0.3, -0.25) is 0 Å². The van der Waals surface area contributed by atoms with Crippen molar-refractivity contribution in [1.29, 1.82) is 0 Å². The molecule has 1 atom stereocenters. The zero-order valence-electron chi connectivity index (χ0n) is 27.3. The number of carbonyl (C=O) groups excluding carboxylic acids is 2. The van der Waals surface area contributed by atoms with E-state index in [1.165, 1.54) is 7.11 Å². The molecule has 0 spiro atoms. The van der Waals surface area contributed by atoms with E-state index in [1.807, 2.05) is 42.5 Å². The van der Waals surface area contributed by atoms with Gasteiger partial charge in [-0.1, -0.05) is 68.4 Å². The maximum atomic E-state index is 13.1. The van der Waals surface area contributed by atoms with Crippen molar-refractivity contribution in [2.45, 2.75) is 52.9 Å². The summed E-state index contributed by atoms with van der Waals surface area (Å²) >= 11 is 0. The topological polar surface area (TPSA) is 97.5 Å². The molecule has 9 heteroatoms. The first-order valence-corrected chi connectivity index (χ1v) is 15.9. The van der Waals surface area contributed by atoms with Gasteiger partial charge in [0.1, 0.15) is 11.6 Å². The zero-order valence-corrected chi connectivity index (χ0v) is 27.3. The molecule has 6 rings (SSSR count). The van der Waals surface area contributed by atoms with Crippen LogP contribution in [0.5, 0.6) is 0 Å². The van der Waals surface area contributed by atoms with Crippen LogP contribution in [0, 0.1) is 6.92 Å². The minimum atomic E-state index is -1.05. The number of carbonyl (C=O) groups is 2. The van der Waals surface area contributed by atoms with E-state index >= 15 is 0 Å². The molecule has 0 amide bonds. The number of aromatic nitrogens is 4. The van der Waals surface area contributed by atoms with E-state index in [-0.39, 0.29) is 0 Å². The predicted octanol–water partition coefficient (Wildman–Crippen LogP) is 8.24. The third-order valence-corrected chi connectivity index (χ3v) is 8.36. The molecule has 0 bridgehead atoms. The van der Waals surface area contributed by atoms with E-state index in [0.29, 0.717) is 18.5 Å². The van der Waals surface area contributed by atoms with Crippen molar-refractivity contribution in [3.63, 3.8) is 0 Å². The maximum Gasteiger partial charge on any atom is 0.511 e. The Hall–Kier alpha value is -5.44. The summed E-state index contributed by atoms with van der Waals surface area (Å²) in [6, 6.07) is 28.0. The van der Waals surface area contributed by atoms with Gasteiger partial charge in [0.25, 0.3) is 6.29 Å². The number of methoxy groups -OCH3 is 1. The fourth-order valence-electron chi connectivity index (χ4n) is 5.98. The number of nitrogens with zero attached hydrogens (tertiary/aromatic N) is 4. The van der Waals surface area contributed by atoms with Gasteiger partial charge in [-0.2, -0.15) is 0 Å². The molecule has 0 N–H and O–H groups in total. The summed E-state index contributed by atoms with van der Waals surface area (Å²) in [7, 11) is 3.26. The van der Waals surface area contributed by atoms with Gasteiger partial charge in [-0.25, -0.2) is 19.6 Å². The molecule has 9 nitrogen and oxygen atoms in total.